The first-order chi connectivity index (χ1) is 13.3. The maximum Gasteiger partial charge on any atom is 0.420 e. The van der Waals surface area contributed by atoms with Gasteiger partial charge < -0.3 is 9.84 Å². The summed E-state index contributed by atoms with van der Waals surface area (Å²) in [5, 5.41) is 9.08. The Kier molecular flexibility index (Phi) is 8.27. The molecule has 1 N–H and O–H groups in total. The molecule has 12 heteroatoms. The quantitative estimate of drug-likeness (QED) is 0.360. The fourth-order valence-corrected chi connectivity index (χ4v) is 3.02. The van der Waals surface area contributed by atoms with Crippen molar-refractivity contribution in [1.29, 1.82) is 0 Å². The van der Waals surface area contributed by atoms with Gasteiger partial charge in [-0.15, -0.1) is 0 Å². The van der Waals surface area contributed by atoms with E-state index in [2.05, 4.69) is 36.6 Å². The van der Waals surface area contributed by atoms with Crippen LogP contribution < -0.4 is 4.74 Å². The number of rotatable bonds is 3. The second kappa shape index (κ2) is 9.61. The van der Waals surface area contributed by atoms with Crippen LogP contribution in [-0.2, 0) is 12.4 Å². The largest absolute Gasteiger partial charge is 0.507 e. The number of aromatic hydroxyl groups is 1. The number of alkyl halides is 6. The number of ether oxygens (including phenoxy) is 1. The highest BCUT2D eigenvalue weighted by Gasteiger charge is 2.36. The lowest BCUT2D eigenvalue weighted by Crippen LogP contribution is -2.09. The van der Waals surface area contributed by atoms with E-state index in [1.807, 2.05) is 0 Å². The standard InChI is InChI=1S/C9H6BrF3O2.C8H4BrF3O2/c1-15-8-5(4-14)2-6(10)3-7(8)9(11,12)13;9-5-1-4(3-13)7(14)6(2-5)8(10,11)12/h2-4H,1H3;1-3,14H. The molecule has 0 spiro atoms. The Hall–Kier alpha value is -2.08. The molecule has 0 saturated heterocycles. The van der Waals surface area contributed by atoms with Crippen LogP contribution in [0.3, 0.4) is 0 Å². The molecule has 158 valence electrons. The number of carbonyl (C=O) groups is 2. The number of aldehydes is 2. The summed E-state index contributed by atoms with van der Waals surface area (Å²) in [5.41, 5.74) is -2.73. The number of hydrogen-bond donors (Lipinski definition) is 1. The molecule has 4 nitrogen and oxygen atoms in total. The number of methoxy groups -OCH3 is 1. The number of hydrogen-bond acceptors (Lipinski definition) is 4. The monoisotopic (exact) mass is 550 g/mol. The number of phenolic OH excluding ortho intramolecular Hbond substituents is 1. The van der Waals surface area contributed by atoms with Crippen molar-refractivity contribution in [1.82, 2.24) is 0 Å². The van der Waals surface area contributed by atoms with Crippen LogP contribution in [0.4, 0.5) is 26.3 Å². The van der Waals surface area contributed by atoms with Crippen LogP contribution >= 0.6 is 31.9 Å². The van der Waals surface area contributed by atoms with E-state index in [9.17, 15) is 35.9 Å². The lowest BCUT2D eigenvalue weighted by molar-refractivity contribution is -0.139. The summed E-state index contributed by atoms with van der Waals surface area (Å²) in [6.07, 6.45) is -8.74. The second-order valence-electron chi connectivity index (χ2n) is 5.20. The zero-order valence-corrected chi connectivity index (χ0v) is 17.3. The highest BCUT2D eigenvalue weighted by atomic mass is 79.9. The first kappa shape index (κ1) is 25.0. The molecule has 0 aromatic heterocycles. The number of benzene rings is 2. The molecule has 0 bridgehead atoms. The van der Waals surface area contributed by atoms with E-state index >= 15 is 0 Å². The minimum absolute atomic E-state index is 0.0877. The molecule has 0 saturated carbocycles. The van der Waals surface area contributed by atoms with E-state index in [4.69, 9.17) is 5.11 Å². The van der Waals surface area contributed by atoms with Crippen LogP contribution in [0.2, 0.25) is 0 Å². The summed E-state index contributed by atoms with van der Waals surface area (Å²) in [6.45, 7) is 0. The normalized spacial score (nSPS) is 11.3. The summed E-state index contributed by atoms with van der Waals surface area (Å²) in [6, 6.07) is 3.95. The van der Waals surface area contributed by atoms with Crippen LogP contribution in [0.15, 0.2) is 33.2 Å². The van der Waals surface area contributed by atoms with Crippen molar-refractivity contribution in [2.45, 2.75) is 12.4 Å². The zero-order valence-electron chi connectivity index (χ0n) is 14.2. The maximum atomic E-state index is 12.5. The molecule has 0 atom stereocenters. The van der Waals surface area contributed by atoms with Crippen molar-refractivity contribution in [3.63, 3.8) is 0 Å². The van der Waals surface area contributed by atoms with E-state index in [-0.39, 0.29) is 20.8 Å². The average molecular weight is 552 g/mol. The first-order valence-electron chi connectivity index (χ1n) is 7.21. The molecule has 2 rings (SSSR count). The molecule has 0 fully saturated rings. The van der Waals surface area contributed by atoms with Gasteiger partial charge in [0.25, 0.3) is 0 Å². The Morgan fingerprint density at radius 3 is 1.62 bits per heavy atom. The molecule has 0 aliphatic heterocycles. The Balaban J connectivity index is 0.000000291. The van der Waals surface area contributed by atoms with Gasteiger partial charge in [-0.1, -0.05) is 31.9 Å². The number of halogens is 8. The van der Waals surface area contributed by atoms with E-state index in [0.29, 0.717) is 12.4 Å². The lowest BCUT2D eigenvalue weighted by atomic mass is 10.1. The molecule has 2 aromatic rings. The molecule has 2 aromatic carbocycles. The van der Waals surface area contributed by atoms with Gasteiger partial charge in [-0.25, -0.2) is 0 Å². The SMILES string of the molecule is COc1c(C=O)cc(Br)cc1C(F)(F)F.O=Cc1cc(Br)cc(C(F)(F)F)c1O. The summed E-state index contributed by atoms with van der Waals surface area (Å²) in [5.74, 6) is -1.50. The van der Waals surface area contributed by atoms with Gasteiger partial charge in [0.1, 0.15) is 11.5 Å². The molecular formula is C17H10Br2F6O4. The predicted molar refractivity (Wildman–Crippen MR) is 97.3 cm³/mol. The molecule has 0 heterocycles. The van der Waals surface area contributed by atoms with Crippen molar-refractivity contribution < 1.29 is 45.8 Å². The molecular weight excluding hydrogens is 542 g/mol. The second-order valence-corrected chi connectivity index (χ2v) is 7.03. The summed E-state index contributed by atoms with van der Waals surface area (Å²) < 4.78 is 79.1. The smallest absolute Gasteiger partial charge is 0.420 e. The van der Waals surface area contributed by atoms with Gasteiger partial charge in [-0.2, -0.15) is 26.3 Å². The van der Waals surface area contributed by atoms with E-state index in [0.717, 1.165) is 19.2 Å². The maximum absolute atomic E-state index is 12.5. The van der Waals surface area contributed by atoms with Crippen molar-refractivity contribution >= 4 is 44.4 Å². The Labute approximate surface area is 176 Å². The van der Waals surface area contributed by atoms with Crippen LogP contribution in [0.5, 0.6) is 11.5 Å². The third kappa shape index (κ3) is 6.46. The van der Waals surface area contributed by atoms with Gasteiger partial charge >= 0.3 is 12.4 Å². The summed E-state index contributed by atoms with van der Waals surface area (Å²) in [7, 11) is 1.09. The molecule has 0 amide bonds. The number of carbonyl (C=O) groups excluding carboxylic acids is 2. The highest BCUT2D eigenvalue weighted by molar-refractivity contribution is 9.10. The Morgan fingerprint density at radius 1 is 0.828 bits per heavy atom. The van der Waals surface area contributed by atoms with Gasteiger partial charge in [0.05, 0.1) is 29.4 Å². The predicted octanol–water partition coefficient (Wildman–Crippen LogP) is 6.28. The van der Waals surface area contributed by atoms with Crippen molar-refractivity contribution in [3.8, 4) is 11.5 Å². The van der Waals surface area contributed by atoms with Crippen molar-refractivity contribution in [2.75, 3.05) is 7.11 Å². The van der Waals surface area contributed by atoms with Crippen LogP contribution in [-0.4, -0.2) is 24.8 Å². The van der Waals surface area contributed by atoms with Gasteiger partial charge in [0.2, 0.25) is 0 Å². The molecule has 0 aliphatic rings. The molecule has 29 heavy (non-hydrogen) atoms. The fraction of sp³-hybridized carbons (Fsp3) is 0.176. The van der Waals surface area contributed by atoms with Crippen LogP contribution in [0.25, 0.3) is 0 Å². The number of phenols is 1. The summed E-state index contributed by atoms with van der Waals surface area (Å²) in [4.78, 5) is 20.9. The first-order valence-corrected chi connectivity index (χ1v) is 8.79. The van der Waals surface area contributed by atoms with Gasteiger partial charge in [-0.3, -0.25) is 9.59 Å². The van der Waals surface area contributed by atoms with Crippen LogP contribution in [0.1, 0.15) is 31.8 Å². The van der Waals surface area contributed by atoms with Gasteiger partial charge in [-0.05, 0) is 24.3 Å². The molecule has 0 unspecified atom stereocenters. The molecule has 0 aliphatic carbocycles. The molecule has 0 radical (unpaired) electrons. The van der Waals surface area contributed by atoms with Gasteiger partial charge in [0.15, 0.2) is 12.6 Å². The third-order valence-corrected chi connectivity index (χ3v) is 4.17. The fourth-order valence-electron chi connectivity index (χ4n) is 2.07. The van der Waals surface area contributed by atoms with Gasteiger partial charge in [0, 0.05) is 8.95 Å². The van der Waals surface area contributed by atoms with E-state index < -0.39 is 40.5 Å². The van der Waals surface area contributed by atoms with E-state index in [1.54, 1.807) is 0 Å². The Bertz CT molecular complexity index is 910. The van der Waals surface area contributed by atoms with E-state index in [1.165, 1.54) is 6.07 Å². The average Bonchev–Trinajstić information content (AvgIpc) is 2.61. The summed E-state index contributed by atoms with van der Waals surface area (Å²) >= 11 is 5.71. The Morgan fingerprint density at radius 2 is 1.24 bits per heavy atom. The topological polar surface area (TPSA) is 63.6 Å². The minimum Gasteiger partial charge on any atom is -0.507 e. The third-order valence-electron chi connectivity index (χ3n) is 3.26. The van der Waals surface area contributed by atoms with Crippen molar-refractivity contribution in [3.05, 3.63) is 55.5 Å². The van der Waals surface area contributed by atoms with Crippen molar-refractivity contribution in [2.24, 2.45) is 0 Å². The van der Waals surface area contributed by atoms with Crippen LogP contribution in [0, 0.1) is 0 Å². The zero-order chi connectivity index (χ0) is 22.6. The highest BCUT2D eigenvalue weighted by Crippen LogP contribution is 2.40. The minimum atomic E-state index is -4.67. The lowest BCUT2D eigenvalue weighted by Gasteiger charge is -2.13.